The molecule has 1 amide bonds. The molecule has 2 rings (SSSR count). The Bertz CT molecular complexity index is 723. The number of ether oxygens (including phenoxy) is 1. The van der Waals surface area contributed by atoms with Gasteiger partial charge >= 0.3 is 0 Å². The fourth-order valence-corrected chi connectivity index (χ4v) is 3.38. The van der Waals surface area contributed by atoms with Crippen molar-refractivity contribution < 1.29 is 14.3 Å². The number of carbonyl (C=O) groups is 2. The monoisotopic (exact) mass is 345 g/mol. The lowest BCUT2D eigenvalue weighted by molar-refractivity contribution is -0.131. The van der Waals surface area contributed by atoms with Crippen molar-refractivity contribution in [2.24, 2.45) is 0 Å². The van der Waals surface area contributed by atoms with E-state index in [-0.39, 0.29) is 30.6 Å². The number of amides is 1. The Hall–Kier alpha value is -2.14. The van der Waals surface area contributed by atoms with Crippen molar-refractivity contribution in [3.63, 3.8) is 0 Å². The van der Waals surface area contributed by atoms with Crippen molar-refractivity contribution in [2.45, 2.75) is 32.7 Å². The average Bonchev–Trinajstić information content (AvgIpc) is 3.04. The molecule has 0 saturated carbocycles. The molecule has 0 aliphatic carbocycles. The van der Waals surface area contributed by atoms with Crippen molar-refractivity contribution in [2.75, 3.05) is 14.2 Å². The molecule has 1 atom stereocenters. The van der Waals surface area contributed by atoms with Crippen LogP contribution in [-0.4, -0.2) is 30.7 Å². The Balaban J connectivity index is 1.97. The van der Waals surface area contributed by atoms with Gasteiger partial charge in [0.25, 0.3) is 0 Å². The highest BCUT2D eigenvalue weighted by molar-refractivity contribution is 7.14. The molecule has 0 aliphatic heterocycles. The van der Waals surface area contributed by atoms with Crippen molar-refractivity contribution in [3.05, 3.63) is 51.7 Å². The topological polar surface area (TPSA) is 46.6 Å². The Morgan fingerprint density at radius 2 is 1.88 bits per heavy atom. The number of thiophene rings is 1. The zero-order chi connectivity index (χ0) is 17.7. The molecule has 1 aromatic heterocycles. The van der Waals surface area contributed by atoms with E-state index in [9.17, 15) is 9.59 Å². The van der Waals surface area contributed by atoms with Crippen LogP contribution < -0.4 is 4.74 Å². The quantitative estimate of drug-likeness (QED) is 0.705. The third kappa shape index (κ3) is 4.23. The molecule has 0 radical (unpaired) electrons. The molecule has 4 nitrogen and oxygen atoms in total. The van der Waals surface area contributed by atoms with Crippen LogP contribution >= 0.6 is 11.3 Å². The first kappa shape index (κ1) is 18.2. The summed E-state index contributed by atoms with van der Waals surface area (Å²) in [4.78, 5) is 28.1. The zero-order valence-corrected chi connectivity index (χ0v) is 15.4. The first-order chi connectivity index (χ1) is 11.4. The van der Waals surface area contributed by atoms with Crippen LogP contribution in [0.25, 0.3) is 0 Å². The van der Waals surface area contributed by atoms with Crippen LogP contribution in [0.1, 0.15) is 45.9 Å². The number of aryl methyl sites for hydroxylation is 1. The van der Waals surface area contributed by atoms with Gasteiger partial charge in [-0.2, -0.15) is 0 Å². The second-order valence-electron chi connectivity index (χ2n) is 5.76. The number of rotatable bonds is 7. The predicted molar refractivity (Wildman–Crippen MR) is 96.8 cm³/mol. The molecule has 24 heavy (non-hydrogen) atoms. The Kier molecular flexibility index (Phi) is 6.15. The van der Waals surface area contributed by atoms with Gasteiger partial charge in [0.1, 0.15) is 5.75 Å². The van der Waals surface area contributed by atoms with E-state index in [1.165, 1.54) is 11.3 Å². The van der Waals surface area contributed by atoms with Gasteiger partial charge < -0.3 is 9.64 Å². The molecule has 5 heteroatoms. The van der Waals surface area contributed by atoms with Crippen LogP contribution in [0.4, 0.5) is 0 Å². The Morgan fingerprint density at radius 1 is 1.17 bits per heavy atom. The van der Waals surface area contributed by atoms with Crippen LogP contribution in [0.3, 0.4) is 0 Å². The van der Waals surface area contributed by atoms with E-state index in [2.05, 4.69) is 0 Å². The number of benzene rings is 1. The lowest BCUT2D eigenvalue weighted by atomic mass is 10.1. The van der Waals surface area contributed by atoms with Gasteiger partial charge in [-0.25, -0.2) is 0 Å². The zero-order valence-electron chi connectivity index (χ0n) is 14.5. The van der Waals surface area contributed by atoms with Gasteiger partial charge in [0.15, 0.2) is 5.78 Å². The summed E-state index contributed by atoms with van der Waals surface area (Å²) in [5.74, 6) is 0.740. The van der Waals surface area contributed by atoms with Crippen LogP contribution in [0.2, 0.25) is 0 Å². The van der Waals surface area contributed by atoms with E-state index in [4.69, 9.17) is 4.74 Å². The fraction of sp³-hybridized carbons (Fsp3) is 0.368. The van der Waals surface area contributed by atoms with Gasteiger partial charge in [-0.15, -0.1) is 11.3 Å². The average molecular weight is 345 g/mol. The number of hydrogen-bond donors (Lipinski definition) is 0. The molecule has 0 aliphatic rings. The summed E-state index contributed by atoms with van der Waals surface area (Å²) in [6.45, 7) is 3.93. The summed E-state index contributed by atoms with van der Waals surface area (Å²) in [7, 11) is 3.38. The maximum atomic E-state index is 12.4. The number of para-hydroxylation sites is 1. The van der Waals surface area contributed by atoms with E-state index in [1.807, 2.05) is 50.2 Å². The molecule has 1 heterocycles. The molecule has 2 aromatic rings. The third-order valence-electron chi connectivity index (χ3n) is 4.14. The number of hydrogen-bond acceptors (Lipinski definition) is 4. The maximum absolute atomic E-state index is 12.4. The third-order valence-corrected chi connectivity index (χ3v) is 5.19. The molecular weight excluding hydrogens is 322 g/mol. The van der Waals surface area contributed by atoms with Crippen molar-refractivity contribution >= 4 is 23.0 Å². The lowest BCUT2D eigenvalue weighted by Gasteiger charge is -2.26. The van der Waals surface area contributed by atoms with Crippen LogP contribution in [-0.2, 0) is 4.79 Å². The highest BCUT2D eigenvalue weighted by Gasteiger charge is 2.21. The van der Waals surface area contributed by atoms with Crippen LogP contribution in [0.5, 0.6) is 5.75 Å². The Morgan fingerprint density at radius 3 is 2.50 bits per heavy atom. The van der Waals surface area contributed by atoms with E-state index < -0.39 is 0 Å². The lowest BCUT2D eigenvalue weighted by Crippen LogP contribution is -2.30. The molecule has 1 unspecified atom stereocenters. The minimum Gasteiger partial charge on any atom is -0.496 e. The van der Waals surface area contributed by atoms with E-state index >= 15 is 0 Å². The van der Waals surface area contributed by atoms with E-state index in [0.29, 0.717) is 0 Å². The predicted octanol–water partition coefficient (Wildman–Crippen LogP) is 4.25. The van der Waals surface area contributed by atoms with Gasteiger partial charge in [-0.1, -0.05) is 18.2 Å². The van der Waals surface area contributed by atoms with Gasteiger partial charge in [0, 0.05) is 30.3 Å². The van der Waals surface area contributed by atoms with Crippen molar-refractivity contribution in [1.29, 1.82) is 0 Å². The highest BCUT2D eigenvalue weighted by atomic mass is 32.1. The van der Waals surface area contributed by atoms with Gasteiger partial charge in [0.05, 0.1) is 18.0 Å². The van der Waals surface area contributed by atoms with E-state index in [1.54, 1.807) is 19.1 Å². The molecule has 0 fully saturated rings. The highest BCUT2D eigenvalue weighted by Crippen LogP contribution is 2.28. The smallest absolute Gasteiger partial charge is 0.223 e. The summed E-state index contributed by atoms with van der Waals surface area (Å²) in [5.41, 5.74) is 0.955. The summed E-state index contributed by atoms with van der Waals surface area (Å²) >= 11 is 1.47. The largest absolute Gasteiger partial charge is 0.496 e. The summed E-state index contributed by atoms with van der Waals surface area (Å²) in [6, 6.07) is 11.3. The summed E-state index contributed by atoms with van der Waals surface area (Å²) in [6.07, 6.45) is 0.452. The molecular formula is C19H23NO3S. The standard InChI is InChI=1S/C19H23NO3S/c1-13-9-11-18(24-13)16(21)10-12-19(22)20(3)14(2)15-7-5-6-8-17(15)23-4/h5-9,11,14H,10,12H2,1-4H3. The summed E-state index contributed by atoms with van der Waals surface area (Å²) in [5, 5.41) is 0. The molecule has 1 aromatic carbocycles. The van der Waals surface area contributed by atoms with Gasteiger partial charge in [-0.3, -0.25) is 9.59 Å². The summed E-state index contributed by atoms with van der Waals surface area (Å²) < 4.78 is 5.36. The number of carbonyl (C=O) groups excluding carboxylic acids is 2. The molecule has 128 valence electrons. The van der Waals surface area contributed by atoms with Crippen molar-refractivity contribution in [3.8, 4) is 5.75 Å². The van der Waals surface area contributed by atoms with Crippen LogP contribution in [0, 0.1) is 6.92 Å². The number of methoxy groups -OCH3 is 1. The molecule has 0 spiro atoms. The number of Topliss-reactive ketones (excluding diaryl/α,β-unsaturated/α-hetero) is 1. The fourth-order valence-electron chi connectivity index (χ4n) is 2.54. The van der Waals surface area contributed by atoms with Crippen LogP contribution in [0.15, 0.2) is 36.4 Å². The Labute approximate surface area is 147 Å². The molecule has 0 N–H and O–H groups in total. The minimum absolute atomic E-state index is 0.0276. The second-order valence-corrected chi connectivity index (χ2v) is 7.04. The second kappa shape index (κ2) is 8.11. The number of ketones is 1. The molecule has 0 saturated heterocycles. The maximum Gasteiger partial charge on any atom is 0.223 e. The first-order valence-electron chi connectivity index (χ1n) is 7.92. The SMILES string of the molecule is COc1ccccc1C(C)N(C)C(=O)CCC(=O)c1ccc(C)s1. The van der Waals surface area contributed by atoms with E-state index in [0.717, 1.165) is 21.1 Å². The first-order valence-corrected chi connectivity index (χ1v) is 8.74. The minimum atomic E-state index is -0.118. The normalized spacial score (nSPS) is 11.8. The molecule has 0 bridgehead atoms. The van der Waals surface area contributed by atoms with Gasteiger partial charge in [0.2, 0.25) is 5.91 Å². The van der Waals surface area contributed by atoms with Crippen molar-refractivity contribution in [1.82, 2.24) is 4.90 Å². The number of nitrogens with zero attached hydrogens (tertiary/aromatic N) is 1. The van der Waals surface area contributed by atoms with Gasteiger partial charge in [-0.05, 0) is 32.0 Å².